The van der Waals surface area contributed by atoms with Crippen molar-refractivity contribution in [3.63, 3.8) is 0 Å². The molecule has 0 unspecified atom stereocenters. The third kappa shape index (κ3) is 3.57. The van der Waals surface area contributed by atoms with Crippen LogP contribution in [0.1, 0.15) is 10.4 Å². The average Bonchev–Trinajstić information content (AvgIpc) is 3.04. The minimum atomic E-state index is -0.277. The predicted molar refractivity (Wildman–Crippen MR) is 94.0 cm³/mol. The minimum absolute atomic E-state index is 0.277. The first-order valence-electron chi connectivity index (χ1n) is 6.71. The molecule has 0 aliphatic carbocycles. The molecule has 0 fully saturated rings. The van der Waals surface area contributed by atoms with E-state index in [0.29, 0.717) is 16.4 Å². The third-order valence-corrected chi connectivity index (χ3v) is 4.50. The average molecular weight is 390 g/mol. The van der Waals surface area contributed by atoms with E-state index in [1.165, 1.54) is 18.4 Å². The Bertz CT molecular complexity index is 833. The second-order valence-corrected chi connectivity index (χ2v) is 6.47. The molecule has 116 valence electrons. The van der Waals surface area contributed by atoms with Crippen LogP contribution in [0.5, 0.6) is 5.75 Å². The summed E-state index contributed by atoms with van der Waals surface area (Å²) in [6, 6.07) is 14.8. The van der Waals surface area contributed by atoms with E-state index in [2.05, 4.69) is 31.4 Å². The van der Waals surface area contributed by atoms with E-state index in [1.807, 2.05) is 30.3 Å². The van der Waals surface area contributed by atoms with Crippen LogP contribution in [0, 0.1) is 0 Å². The molecule has 3 aromatic rings. The Kier molecular flexibility index (Phi) is 4.68. The van der Waals surface area contributed by atoms with Gasteiger partial charge in [0.2, 0.25) is 5.13 Å². The van der Waals surface area contributed by atoms with Crippen LogP contribution >= 0.6 is 27.3 Å². The van der Waals surface area contributed by atoms with Crippen molar-refractivity contribution in [2.24, 2.45) is 0 Å². The molecule has 1 amide bonds. The standard InChI is InChI=1S/C16H12BrN3O2S/c1-22-13-5-3-2-4-12(13)14(21)18-16-20-19-15(23-16)10-6-8-11(17)9-7-10/h2-9H,1H3,(H,18,20,21). The lowest BCUT2D eigenvalue weighted by Gasteiger charge is -2.06. The van der Waals surface area contributed by atoms with Crippen LogP contribution in [0.15, 0.2) is 53.0 Å². The van der Waals surface area contributed by atoms with Crippen molar-refractivity contribution in [2.75, 3.05) is 12.4 Å². The molecule has 0 radical (unpaired) electrons. The molecule has 23 heavy (non-hydrogen) atoms. The van der Waals surface area contributed by atoms with Gasteiger partial charge in [0.1, 0.15) is 10.8 Å². The van der Waals surface area contributed by atoms with Gasteiger partial charge < -0.3 is 4.74 Å². The molecule has 0 atom stereocenters. The SMILES string of the molecule is COc1ccccc1C(=O)Nc1nnc(-c2ccc(Br)cc2)s1. The van der Waals surface area contributed by atoms with Crippen LogP contribution in [0.3, 0.4) is 0 Å². The summed E-state index contributed by atoms with van der Waals surface area (Å²) in [6.45, 7) is 0. The molecular formula is C16H12BrN3O2S. The maximum absolute atomic E-state index is 12.3. The monoisotopic (exact) mass is 389 g/mol. The second-order valence-electron chi connectivity index (χ2n) is 4.57. The Morgan fingerprint density at radius 1 is 1.13 bits per heavy atom. The number of hydrogen-bond donors (Lipinski definition) is 1. The molecule has 2 aromatic carbocycles. The van der Waals surface area contributed by atoms with Crippen LogP contribution in [0.2, 0.25) is 0 Å². The molecule has 0 spiro atoms. The van der Waals surface area contributed by atoms with E-state index in [-0.39, 0.29) is 5.91 Å². The van der Waals surface area contributed by atoms with Crippen molar-refractivity contribution < 1.29 is 9.53 Å². The molecule has 0 aliphatic heterocycles. The zero-order valence-electron chi connectivity index (χ0n) is 12.1. The first-order chi connectivity index (χ1) is 11.2. The number of methoxy groups -OCH3 is 1. The van der Waals surface area contributed by atoms with E-state index in [0.717, 1.165) is 15.0 Å². The summed E-state index contributed by atoms with van der Waals surface area (Å²) in [5.41, 5.74) is 1.40. The number of ether oxygens (including phenoxy) is 1. The summed E-state index contributed by atoms with van der Waals surface area (Å²) in [5, 5.41) is 12.1. The summed E-state index contributed by atoms with van der Waals surface area (Å²) in [4.78, 5) is 12.3. The van der Waals surface area contributed by atoms with Gasteiger partial charge in [0.25, 0.3) is 5.91 Å². The predicted octanol–water partition coefficient (Wildman–Crippen LogP) is 4.23. The highest BCUT2D eigenvalue weighted by Crippen LogP contribution is 2.28. The van der Waals surface area contributed by atoms with Crippen molar-refractivity contribution in [3.05, 3.63) is 58.6 Å². The Morgan fingerprint density at radius 3 is 2.61 bits per heavy atom. The van der Waals surface area contributed by atoms with Crippen LogP contribution in [-0.4, -0.2) is 23.2 Å². The smallest absolute Gasteiger partial charge is 0.261 e. The van der Waals surface area contributed by atoms with E-state index in [1.54, 1.807) is 18.2 Å². The van der Waals surface area contributed by atoms with Crippen LogP contribution < -0.4 is 10.1 Å². The van der Waals surface area contributed by atoms with E-state index >= 15 is 0 Å². The number of carbonyl (C=O) groups is 1. The lowest BCUT2D eigenvalue weighted by atomic mass is 10.2. The molecule has 5 nitrogen and oxygen atoms in total. The number of anilines is 1. The zero-order valence-corrected chi connectivity index (χ0v) is 14.5. The molecule has 1 aromatic heterocycles. The number of carbonyl (C=O) groups excluding carboxylic acids is 1. The van der Waals surface area contributed by atoms with Gasteiger partial charge in [0, 0.05) is 10.0 Å². The van der Waals surface area contributed by atoms with Gasteiger partial charge in [-0.05, 0) is 24.3 Å². The number of aromatic nitrogens is 2. The van der Waals surface area contributed by atoms with Crippen molar-refractivity contribution >= 4 is 38.3 Å². The van der Waals surface area contributed by atoms with Gasteiger partial charge >= 0.3 is 0 Å². The highest BCUT2D eigenvalue weighted by Gasteiger charge is 2.14. The molecule has 7 heteroatoms. The number of para-hydroxylation sites is 1. The number of nitrogens with one attached hydrogen (secondary N) is 1. The topological polar surface area (TPSA) is 64.1 Å². The summed E-state index contributed by atoms with van der Waals surface area (Å²) >= 11 is 4.71. The van der Waals surface area contributed by atoms with Crippen molar-refractivity contribution in [1.29, 1.82) is 0 Å². The number of amides is 1. The maximum atomic E-state index is 12.3. The number of hydrogen-bond acceptors (Lipinski definition) is 5. The van der Waals surface area contributed by atoms with Gasteiger partial charge in [-0.15, -0.1) is 10.2 Å². The Hall–Kier alpha value is -2.25. The summed E-state index contributed by atoms with van der Waals surface area (Å²) in [6.07, 6.45) is 0. The molecule has 1 N–H and O–H groups in total. The Labute approximate surface area is 145 Å². The fourth-order valence-corrected chi connectivity index (χ4v) is 2.99. The maximum Gasteiger partial charge on any atom is 0.261 e. The Balaban J connectivity index is 1.79. The van der Waals surface area contributed by atoms with Gasteiger partial charge in [0.05, 0.1) is 12.7 Å². The second kappa shape index (κ2) is 6.89. The fourth-order valence-electron chi connectivity index (χ4n) is 1.98. The summed E-state index contributed by atoms with van der Waals surface area (Å²) in [5.74, 6) is 0.239. The highest BCUT2D eigenvalue weighted by atomic mass is 79.9. The Morgan fingerprint density at radius 2 is 1.87 bits per heavy atom. The summed E-state index contributed by atoms with van der Waals surface area (Å²) in [7, 11) is 1.53. The lowest BCUT2D eigenvalue weighted by molar-refractivity contribution is 0.102. The first-order valence-corrected chi connectivity index (χ1v) is 8.32. The van der Waals surface area contributed by atoms with Crippen LogP contribution in [0.25, 0.3) is 10.6 Å². The number of rotatable bonds is 4. The van der Waals surface area contributed by atoms with Crippen molar-refractivity contribution in [3.8, 4) is 16.3 Å². The van der Waals surface area contributed by atoms with Crippen molar-refractivity contribution in [2.45, 2.75) is 0 Å². The van der Waals surface area contributed by atoms with Crippen LogP contribution in [0.4, 0.5) is 5.13 Å². The fraction of sp³-hybridized carbons (Fsp3) is 0.0625. The minimum Gasteiger partial charge on any atom is -0.496 e. The largest absolute Gasteiger partial charge is 0.496 e. The van der Waals surface area contributed by atoms with E-state index < -0.39 is 0 Å². The van der Waals surface area contributed by atoms with Gasteiger partial charge in [0.15, 0.2) is 0 Å². The van der Waals surface area contributed by atoms with Crippen molar-refractivity contribution in [1.82, 2.24) is 10.2 Å². The van der Waals surface area contributed by atoms with Gasteiger partial charge in [-0.1, -0.05) is 51.5 Å². The first kappa shape index (κ1) is 15.6. The molecule has 0 bridgehead atoms. The normalized spacial score (nSPS) is 10.3. The van der Waals surface area contributed by atoms with Crippen LogP contribution in [-0.2, 0) is 0 Å². The number of halogens is 1. The molecule has 0 saturated heterocycles. The van der Waals surface area contributed by atoms with E-state index in [9.17, 15) is 4.79 Å². The van der Waals surface area contributed by atoms with Gasteiger partial charge in [-0.3, -0.25) is 10.1 Å². The molecule has 1 heterocycles. The number of benzene rings is 2. The summed E-state index contributed by atoms with van der Waals surface area (Å²) < 4.78 is 6.19. The quantitative estimate of drug-likeness (QED) is 0.724. The third-order valence-electron chi connectivity index (χ3n) is 3.09. The molecule has 3 rings (SSSR count). The molecule has 0 saturated carbocycles. The molecule has 0 aliphatic rings. The zero-order chi connectivity index (χ0) is 16.2. The van der Waals surface area contributed by atoms with E-state index in [4.69, 9.17) is 4.74 Å². The van der Waals surface area contributed by atoms with Gasteiger partial charge in [-0.2, -0.15) is 0 Å². The molecular weight excluding hydrogens is 378 g/mol. The van der Waals surface area contributed by atoms with Gasteiger partial charge in [-0.25, -0.2) is 0 Å². The highest BCUT2D eigenvalue weighted by molar-refractivity contribution is 9.10. The lowest BCUT2D eigenvalue weighted by Crippen LogP contribution is -2.12. The number of nitrogens with zero attached hydrogens (tertiary/aromatic N) is 2.